The fraction of sp³-hybridized carbons (Fsp3) is 0.333. The Morgan fingerprint density at radius 2 is 1.50 bits per heavy atom. The first-order chi connectivity index (χ1) is 9.79. The Hall–Kier alpha value is -1.64. The zero-order valence-electron chi connectivity index (χ0n) is 12.5. The number of rotatable bonds is 7. The highest BCUT2D eigenvalue weighted by Gasteiger charge is 2.00. The maximum atomic E-state index is 3.18. The minimum absolute atomic E-state index is 1.05. The van der Waals surface area contributed by atoms with Gasteiger partial charge in [-0.3, -0.25) is 0 Å². The van der Waals surface area contributed by atoms with E-state index in [4.69, 9.17) is 0 Å². The van der Waals surface area contributed by atoms with Crippen molar-refractivity contribution in [1.29, 1.82) is 0 Å². The van der Waals surface area contributed by atoms with E-state index in [2.05, 4.69) is 71.9 Å². The highest BCUT2D eigenvalue weighted by Crippen LogP contribution is 2.19. The van der Waals surface area contributed by atoms with Crippen molar-refractivity contribution >= 4 is 0 Å². The van der Waals surface area contributed by atoms with Gasteiger partial charge in [-0.1, -0.05) is 54.6 Å². The number of nitrogens with zero attached hydrogens (tertiary/aromatic N) is 1. The van der Waals surface area contributed by atoms with Crippen LogP contribution >= 0.6 is 0 Å². The lowest BCUT2D eigenvalue weighted by atomic mass is 10.0. The SMILES string of the molecule is CNCCN(C)CCc1ccc(-c2ccccc2)cc1. The lowest BCUT2D eigenvalue weighted by Crippen LogP contribution is -2.29. The zero-order valence-corrected chi connectivity index (χ0v) is 12.5. The van der Waals surface area contributed by atoms with Gasteiger partial charge < -0.3 is 10.2 Å². The molecule has 0 bridgehead atoms. The van der Waals surface area contributed by atoms with Gasteiger partial charge in [0.15, 0.2) is 0 Å². The number of benzene rings is 2. The summed E-state index contributed by atoms with van der Waals surface area (Å²) >= 11 is 0. The van der Waals surface area contributed by atoms with Gasteiger partial charge in [-0.05, 0) is 37.2 Å². The number of nitrogens with one attached hydrogen (secondary N) is 1. The van der Waals surface area contributed by atoms with Crippen LogP contribution in [0.3, 0.4) is 0 Å². The molecule has 2 rings (SSSR count). The second-order valence-corrected chi connectivity index (χ2v) is 5.22. The van der Waals surface area contributed by atoms with Crippen LogP contribution in [-0.4, -0.2) is 38.6 Å². The number of hydrogen-bond donors (Lipinski definition) is 1. The zero-order chi connectivity index (χ0) is 14.2. The van der Waals surface area contributed by atoms with Crippen LogP contribution < -0.4 is 5.32 Å². The van der Waals surface area contributed by atoms with Crippen LogP contribution in [0.1, 0.15) is 5.56 Å². The topological polar surface area (TPSA) is 15.3 Å². The maximum absolute atomic E-state index is 3.18. The molecule has 1 N–H and O–H groups in total. The van der Waals surface area contributed by atoms with Gasteiger partial charge in [0.05, 0.1) is 0 Å². The van der Waals surface area contributed by atoms with Crippen molar-refractivity contribution in [2.45, 2.75) is 6.42 Å². The van der Waals surface area contributed by atoms with Crippen molar-refractivity contribution in [2.24, 2.45) is 0 Å². The molecular formula is C18H24N2. The van der Waals surface area contributed by atoms with Gasteiger partial charge >= 0.3 is 0 Å². The molecule has 0 aromatic heterocycles. The van der Waals surface area contributed by atoms with Crippen molar-refractivity contribution < 1.29 is 0 Å². The van der Waals surface area contributed by atoms with Gasteiger partial charge in [0.1, 0.15) is 0 Å². The Morgan fingerprint density at radius 3 is 2.15 bits per heavy atom. The summed E-state index contributed by atoms with van der Waals surface area (Å²) in [6.07, 6.45) is 1.11. The first-order valence-electron chi connectivity index (χ1n) is 7.27. The average molecular weight is 268 g/mol. The molecule has 0 heterocycles. The summed E-state index contributed by atoms with van der Waals surface area (Å²) in [7, 11) is 4.17. The van der Waals surface area contributed by atoms with Gasteiger partial charge in [-0.15, -0.1) is 0 Å². The summed E-state index contributed by atoms with van der Waals surface area (Å²) in [6, 6.07) is 19.5. The summed E-state index contributed by atoms with van der Waals surface area (Å²) in [4.78, 5) is 2.36. The summed E-state index contributed by atoms with van der Waals surface area (Å²) in [6.45, 7) is 3.24. The summed E-state index contributed by atoms with van der Waals surface area (Å²) < 4.78 is 0. The van der Waals surface area contributed by atoms with E-state index in [0.717, 1.165) is 26.1 Å². The van der Waals surface area contributed by atoms with Crippen LogP contribution in [0.5, 0.6) is 0 Å². The Balaban J connectivity index is 1.89. The predicted molar refractivity (Wildman–Crippen MR) is 87.0 cm³/mol. The second kappa shape index (κ2) is 7.83. The largest absolute Gasteiger partial charge is 0.318 e. The second-order valence-electron chi connectivity index (χ2n) is 5.22. The number of hydrogen-bond acceptors (Lipinski definition) is 2. The van der Waals surface area contributed by atoms with Gasteiger partial charge in [0.2, 0.25) is 0 Å². The fourth-order valence-electron chi connectivity index (χ4n) is 2.23. The molecule has 0 radical (unpaired) electrons. The molecule has 0 spiro atoms. The molecule has 0 aliphatic rings. The van der Waals surface area contributed by atoms with Crippen LogP contribution in [0.25, 0.3) is 11.1 Å². The van der Waals surface area contributed by atoms with Crippen molar-refractivity contribution in [3.63, 3.8) is 0 Å². The molecule has 2 nitrogen and oxygen atoms in total. The van der Waals surface area contributed by atoms with Crippen molar-refractivity contribution in [1.82, 2.24) is 10.2 Å². The Bertz CT molecular complexity index is 491. The molecule has 0 aliphatic heterocycles. The average Bonchev–Trinajstić information content (AvgIpc) is 2.52. The summed E-state index contributed by atoms with van der Waals surface area (Å²) in [5.74, 6) is 0. The maximum Gasteiger partial charge on any atom is 0.0104 e. The van der Waals surface area contributed by atoms with Crippen LogP contribution in [-0.2, 0) is 6.42 Å². The normalized spacial score (nSPS) is 10.9. The lowest BCUT2D eigenvalue weighted by molar-refractivity contribution is 0.339. The molecule has 0 fully saturated rings. The standard InChI is InChI=1S/C18H24N2/c1-19-13-15-20(2)14-12-16-8-10-18(11-9-16)17-6-4-3-5-7-17/h3-11,19H,12-15H2,1-2H3. The molecule has 0 saturated heterocycles. The molecule has 0 atom stereocenters. The van der Waals surface area contributed by atoms with E-state index in [1.807, 2.05) is 7.05 Å². The predicted octanol–water partition coefficient (Wildman–Crippen LogP) is 3.05. The van der Waals surface area contributed by atoms with E-state index in [9.17, 15) is 0 Å². The summed E-state index contributed by atoms with van der Waals surface area (Å²) in [5, 5.41) is 3.18. The van der Waals surface area contributed by atoms with E-state index >= 15 is 0 Å². The first kappa shape index (κ1) is 14.8. The molecule has 106 valence electrons. The monoisotopic (exact) mass is 268 g/mol. The molecule has 20 heavy (non-hydrogen) atoms. The van der Waals surface area contributed by atoms with Gasteiger partial charge in [-0.2, -0.15) is 0 Å². The number of likely N-dealkylation sites (N-methyl/N-ethyl adjacent to an activating group) is 2. The van der Waals surface area contributed by atoms with Crippen LogP contribution in [0, 0.1) is 0 Å². The third-order valence-electron chi connectivity index (χ3n) is 3.59. The molecule has 0 saturated carbocycles. The smallest absolute Gasteiger partial charge is 0.0104 e. The third kappa shape index (κ3) is 4.48. The van der Waals surface area contributed by atoms with Crippen molar-refractivity contribution in [3.8, 4) is 11.1 Å². The molecular weight excluding hydrogens is 244 g/mol. The van der Waals surface area contributed by atoms with E-state index in [-0.39, 0.29) is 0 Å². The Kier molecular flexibility index (Phi) is 5.78. The third-order valence-corrected chi connectivity index (χ3v) is 3.59. The quantitative estimate of drug-likeness (QED) is 0.830. The van der Waals surface area contributed by atoms with Crippen LogP contribution in [0.2, 0.25) is 0 Å². The van der Waals surface area contributed by atoms with Gasteiger partial charge in [0, 0.05) is 19.6 Å². The van der Waals surface area contributed by atoms with Crippen LogP contribution in [0.4, 0.5) is 0 Å². The molecule has 2 aromatic rings. The van der Waals surface area contributed by atoms with Crippen molar-refractivity contribution in [2.75, 3.05) is 33.7 Å². The van der Waals surface area contributed by atoms with E-state index in [0.29, 0.717) is 0 Å². The highest BCUT2D eigenvalue weighted by atomic mass is 15.1. The lowest BCUT2D eigenvalue weighted by Gasteiger charge is -2.16. The Labute approximate surface area is 122 Å². The minimum atomic E-state index is 1.05. The minimum Gasteiger partial charge on any atom is -0.318 e. The fourth-order valence-corrected chi connectivity index (χ4v) is 2.23. The molecule has 2 aromatic carbocycles. The summed E-state index contributed by atoms with van der Waals surface area (Å²) in [5.41, 5.74) is 3.98. The van der Waals surface area contributed by atoms with Gasteiger partial charge in [-0.25, -0.2) is 0 Å². The van der Waals surface area contributed by atoms with E-state index in [1.165, 1.54) is 16.7 Å². The van der Waals surface area contributed by atoms with Gasteiger partial charge in [0.25, 0.3) is 0 Å². The highest BCUT2D eigenvalue weighted by molar-refractivity contribution is 5.63. The Morgan fingerprint density at radius 1 is 0.850 bits per heavy atom. The molecule has 0 amide bonds. The first-order valence-corrected chi connectivity index (χ1v) is 7.27. The van der Waals surface area contributed by atoms with Crippen molar-refractivity contribution in [3.05, 3.63) is 60.2 Å². The van der Waals surface area contributed by atoms with E-state index in [1.54, 1.807) is 0 Å². The molecule has 2 heteroatoms. The molecule has 0 unspecified atom stereocenters. The van der Waals surface area contributed by atoms with E-state index < -0.39 is 0 Å². The molecule has 0 aliphatic carbocycles. The van der Waals surface area contributed by atoms with Crippen LogP contribution in [0.15, 0.2) is 54.6 Å².